The van der Waals surface area contributed by atoms with Gasteiger partial charge in [-0.1, -0.05) is 0 Å². The first-order chi connectivity index (χ1) is 14.6. The lowest BCUT2D eigenvalue weighted by atomic mass is 10.1. The van der Waals surface area contributed by atoms with Crippen molar-refractivity contribution in [2.24, 2.45) is 0 Å². The van der Waals surface area contributed by atoms with E-state index in [1.807, 2.05) is 0 Å². The SMILES string of the molecule is CCOP(=O)(CC(=O)N[C@@H](C)C(=O)N1CCC[C@H]1C(=O)N1CCC[C@H]1C(=O)O)OCC. The van der Waals surface area contributed by atoms with Crippen LogP contribution in [0.15, 0.2) is 0 Å². The molecule has 31 heavy (non-hydrogen) atoms. The second kappa shape index (κ2) is 11.1. The highest BCUT2D eigenvalue weighted by atomic mass is 31.2. The smallest absolute Gasteiger partial charge is 0.340 e. The first-order valence-electron chi connectivity index (χ1n) is 10.6. The number of carbonyl (C=O) groups is 4. The highest BCUT2D eigenvalue weighted by Crippen LogP contribution is 2.47. The molecule has 0 aromatic heterocycles. The Kier molecular flexibility index (Phi) is 9.02. The molecule has 0 aromatic carbocycles. The number of aliphatic carboxylic acids is 1. The van der Waals surface area contributed by atoms with Crippen LogP contribution in [-0.4, -0.2) is 89.2 Å². The fraction of sp³-hybridized carbons (Fsp3) is 0.789. The van der Waals surface area contributed by atoms with Crippen molar-refractivity contribution < 1.29 is 37.9 Å². The van der Waals surface area contributed by atoms with Crippen LogP contribution in [0.3, 0.4) is 0 Å². The standard InChI is InChI=1S/C19H32N3O8P/c1-4-29-31(28,30-5-2)12-16(23)20-13(3)17(24)21-10-6-8-14(21)18(25)22-11-7-9-15(22)19(26)27/h13-15H,4-12H2,1-3H3,(H,20,23)(H,26,27)/t13-,14-,15-/m0/s1. The maximum absolute atomic E-state index is 13.0. The van der Waals surface area contributed by atoms with Crippen LogP contribution in [0.1, 0.15) is 46.5 Å². The van der Waals surface area contributed by atoms with Crippen molar-refractivity contribution in [3.8, 4) is 0 Å². The van der Waals surface area contributed by atoms with Gasteiger partial charge in [-0.15, -0.1) is 0 Å². The minimum Gasteiger partial charge on any atom is -0.480 e. The first kappa shape index (κ1) is 25.3. The number of nitrogens with zero attached hydrogens (tertiary/aromatic N) is 2. The fourth-order valence-electron chi connectivity index (χ4n) is 4.06. The van der Waals surface area contributed by atoms with Gasteiger partial charge in [-0.05, 0) is 46.5 Å². The van der Waals surface area contributed by atoms with Crippen LogP contribution >= 0.6 is 7.60 Å². The van der Waals surface area contributed by atoms with Crippen molar-refractivity contribution in [3.05, 3.63) is 0 Å². The van der Waals surface area contributed by atoms with E-state index in [-0.39, 0.29) is 19.1 Å². The van der Waals surface area contributed by atoms with E-state index >= 15 is 0 Å². The topological polar surface area (TPSA) is 143 Å². The number of rotatable bonds is 10. The predicted octanol–water partition coefficient (Wildman–Crippen LogP) is 0.824. The van der Waals surface area contributed by atoms with Gasteiger partial charge in [0.25, 0.3) is 0 Å². The lowest BCUT2D eigenvalue weighted by Crippen LogP contribution is -2.54. The number of nitrogens with one attached hydrogen (secondary N) is 1. The molecular formula is C19H32N3O8P. The van der Waals surface area contributed by atoms with Gasteiger partial charge in [-0.3, -0.25) is 18.9 Å². The van der Waals surface area contributed by atoms with Gasteiger partial charge < -0.3 is 29.3 Å². The number of hydrogen-bond donors (Lipinski definition) is 2. The number of carboxylic acids is 1. The molecule has 0 aliphatic carbocycles. The third-order valence-electron chi connectivity index (χ3n) is 5.38. The number of carbonyl (C=O) groups excluding carboxylic acids is 3. The van der Waals surface area contributed by atoms with Crippen molar-refractivity contribution in [1.82, 2.24) is 15.1 Å². The van der Waals surface area contributed by atoms with Gasteiger partial charge in [0.15, 0.2) is 0 Å². The maximum Gasteiger partial charge on any atom is 0.340 e. The molecule has 0 spiro atoms. The number of likely N-dealkylation sites (tertiary alicyclic amines) is 2. The maximum atomic E-state index is 13.0. The summed E-state index contributed by atoms with van der Waals surface area (Å²) in [5.74, 6) is -2.52. The summed E-state index contributed by atoms with van der Waals surface area (Å²) in [7, 11) is -3.60. The Hall–Kier alpha value is -1.97. The van der Waals surface area contributed by atoms with Crippen LogP contribution in [-0.2, 0) is 32.8 Å². The summed E-state index contributed by atoms with van der Waals surface area (Å²) in [4.78, 5) is 52.4. The van der Waals surface area contributed by atoms with Crippen LogP contribution in [0.5, 0.6) is 0 Å². The van der Waals surface area contributed by atoms with Gasteiger partial charge in [0.1, 0.15) is 24.3 Å². The molecule has 0 saturated carbocycles. The number of carboxylic acid groups (broad SMARTS) is 1. The van der Waals surface area contributed by atoms with E-state index in [0.717, 1.165) is 0 Å². The zero-order valence-corrected chi connectivity index (χ0v) is 19.1. The van der Waals surface area contributed by atoms with Gasteiger partial charge in [0.05, 0.1) is 13.2 Å². The fourth-order valence-corrected chi connectivity index (χ4v) is 5.55. The van der Waals surface area contributed by atoms with Crippen molar-refractivity contribution in [2.75, 3.05) is 32.5 Å². The summed E-state index contributed by atoms with van der Waals surface area (Å²) in [5, 5.41) is 11.8. The minimum atomic E-state index is -3.60. The number of hydrogen-bond acceptors (Lipinski definition) is 7. The van der Waals surface area contributed by atoms with E-state index in [9.17, 15) is 28.8 Å². The second-order valence-electron chi connectivity index (χ2n) is 7.61. The summed E-state index contributed by atoms with van der Waals surface area (Å²) < 4.78 is 22.7. The molecule has 2 saturated heterocycles. The summed E-state index contributed by atoms with van der Waals surface area (Å²) in [6.45, 7) is 5.68. The molecule has 2 N–H and O–H groups in total. The second-order valence-corrected chi connectivity index (χ2v) is 9.67. The Bertz CT molecular complexity index is 736. The van der Waals surface area contributed by atoms with E-state index in [0.29, 0.717) is 38.8 Å². The summed E-state index contributed by atoms with van der Waals surface area (Å²) in [6, 6.07) is -2.57. The molecule has 11 nitrogen and oxygen atoms in total. The summed E-state index contributed by atoms with van der Waals surface area (Å²) >= 11 is 0. The predicted molar refractivity (Wildman–Crippen MR) is 110 cm³/mol. The van der Waals surface area contributed by atoms with E-state index in [1.165, 1.54) is 16.7 Å². The molecule has 0 bridgehead atoms. The lowest BCUT2D eigenvalue weighted by Gasteiger charge is -2.31. The van der Waals surface area contributed by atoms with Crippen molar-refractivity contribution in [3.63, 3.8) is 0 Å². The molecule has 0 radical (unpaired) electrons. The molecule has 12 heteroatoms. The Morgan fingerprint density at radius 1 is 1.03 bits per heavy atom. The Morgan fingerprint density at radius 2 is 1.58 bits per heavy atom. The van der Waals surface area contributed by atoms with Crippen LogP contribution in [0.25, 0.3) is 0 Å². The van der Waals surface area contributed by atoms with Crippen molar-refractivity contribution in [2.45, 2.75) is 64.6 Å². The minimum absolute atomic E-state index is 0.116. The van der Waals surface area contributed by atoms with Crippen molar-refractivity contribution >= 4 is 31.3 Å². The van der Waals surface area contributed by atoms with Crippen LogP contribution in [0, 0.1) is 0 Å². The zero-order chi connectivity index (χ0) is 23.2. The Balaban J connectivity index is 2.00. The molecule has 2 heterocycles. The van der Waals surface area contributed by atoms with Gasteiger partial charge in [-0.25, -0.2) is 4.79 Å². The molecule has 2 rings (SSSR count). The Labute approximate surface area is 181 Å². The largest absolute Gasteiger partial charge is 0.480 e. The van der Waals surface area contributed by atoms with Crippen LogP contribution in [0.2, 0.25) is 0 Å². The molecule has 3 atom stereocenters. The highest BCUT2D eigenvalue weighted by molar-refractivity contribution is 7.54. The summed E-state index contributed by atoms with van der Waals surface area (Å²) in [6.07, 6.45) is 1.54. The van der Waals surface area contributed by atoms with Gasteiger partial charge in [-0.2, -0.15) is 0 Å². The quantitative estimate of drug-likeness (QED) is 0.456. The van der Waals surface area contributed by atoms with E-state index in [2.05, 4.69) is 5.32 Å². The first-order valence-corrected chi connectivity index (χ1v) is 12.4. The molecule has 3 amide bonds. The average molecular weight is 461 g/mol. The number of amides is 3. The van der Waals surface area contributed by atoms with Crippen molar-refractivity contribution in [1.29, 1.82) is 0 Å². The lowest BCUT2D eigenvalue weighted by molar-refractivity contribution is -0.152. The van der Waals surface area contributed by atoms with Gasteiger partial charge >= 0.3 is 13.6 Å². The normalized spacial score (nSPS) is 22.4. The van der Waals surface area contributed by atoms with E-state index in [1.54, 1.807) is 13.8 Å². The zero-order valence-electron chi connectivity index (χ0n) is 18.2. The molecule has 176 valence electrons. The van der Waals surface area contributed by atoms with E-state index < -0.39 is 49.7 Å². The third kappa shape index (κ3) is 6.27. The van der Waals surface area contributed by atoms with Crippen LogP contribution < -0.4 is 5.32 Å². The average Bonchev–Trinajstić information content (AvgIpc) is 3.36. The van der Waals surface area contributed by atoms with Crippen LogP contribution in [0.4, 0.5) is 0 Å². The van der Waals surface area contributed by atoms with Gasteiger partial charge in [0, 0.05) is 13.1 Å². The molecule has 2 aliphatic heterocycles. The van der Waals surface area contributed by atoms with E-state index in [4.69, 9.17) is 9.05 Å². The molecule has 2 aliphatic rings. The Morgan fingerprint density at radius 3 is 2.13 bits per heavy atom. The highest BCUT2D eigenvalue weighted by Gasteiger charge is 2.43. The van der Waals surface area contributed by atoms with Gasteiger partial charge in [0.2, 0.25) is 17.7 Å². The molecule has 2 fully saturated rings. The third-order valence-corrected chi connectivity index (χ3v) is 7.36. The molecular weight excluding hydrogens is 429 g/mol. The molecule has 0 unspecified atom stereocenters. The molecule has 0 aromatic rings. The summed E-state index contributed by atoms with van der Waals surface area (Å²) in [5.41, 5.74) is 0. The monoisotopic (exact) mass is 461 g/mol.